The molecule has 0 aromatic heterocycles. The molecular formula is C19H29N3O. The minimum absolute atomic E-state index is 0.498. The highest BCUT2D eigenvalue weighted by atomic mass is 16.1. The second kappa shape index (κ2) is 15.8. The van der Waals surface area contributed by atoms with Gasteiger partial charge in [-0.1, -0.05) is 50.8 Å². The number of anilines is 1. The number of carbonyl (C=O) groups excluding carboxylic acids is 1. The van der Waals surface area contributed by atoms with E-state index in [0.29, 0.717) is 16.8 Å². The van der Waals surface area contributed by atoms with E-state index < -0.39 is 0 Å². The Labute approximate surface area is 140 Å². The van der Waals surface area contributed by atoms with Gasteiger partial charge >= 0.3 is 0 Å². The van der Waals surface area contributed by atoms with Crippen LogP contribution in [-0.4, -0.2) is 13.3 Å². The molecule has 0 unspecified atom stereocenters. The van der Waals surface area contributed by atoms with Crippen molar-refractivity contribution in [2.45, 2.75) is 20.8 Å². The van der Waals surface area contributed by atoms with E-state index in [9.17, 15) is 4.79 Å². The first kappa shape index (κ1) is 22.7. The van der Waals surface area contributed by atoms with Crippen molar-refractivity contribution in [1.82, 2.24) is 5.32 Å². The normalized spacial score (nSPS) is 10.8. The molecular weight excluding hydrogens is 286 g/mol. The van der Waals surface area contributed by atoms with E-state index in [2.05, 4.69) is 17.6 Å². The van der Waals surface area contributed by atoms with Gasteiger partial charge in [0.15, 0.2) is 6.29 Å². The van der Waals surface area contributed by atoms with Gasteiger partial charge in [-0.2, -0.15) is 0 Å². The molecule has 0 fully saturated rings. The third-order valence-corrected chi connectivity index (χ3v) is 2.44. The van der Waals surface area contributed by atoms with Gasteiger partial charge in [0.05, 0.1) is 0 Å². The van der Waals surface area contributed by atoms with E-state index >= 15 is 0 Å². The van der Waals surface area contributed by atoms with Crippen LogP contribution < -0.4 is 16.8 Å². The van der Waals surface area contributed by atoms with Gasteiger partial charge in [0.2, 0.25) is 0 Å². The van der Waals surface area contributed by atoms with Gasteiger partial charge in [-0.15, -0.1) is 0 Å². The summed E-state index contributed by atoms with van der Waals surface area (Å²) in [4.78, 5) is 11.2. The van der Waals surface area contributed by atoms with Crippen molar-refractivity contribution in [2.24, 2.45) is 5.73 Å². The average Bonchev–Trinajstić information content (AvgIpc) is 2.60. The summed E-state index contributed by atoms with van der Waals surface area (Å²) in [6.45, 7) is 9.56. The lowest BCUT2D eigenvalue weighted by molar-refractivity contribution is -0.103. The number of nitrogens with two attached hydrogens (primary N) is 2. The summed E-state index contributed by atoms with van der Waals surface area (Å²) in [6, 6.07) is 7.25. The number of hydrogen-bond acceptors (Lipinski definition) is 4. The molecule has 0 atom stereocenters. The molecule has 0 heterocycles. The van der Waals surface area contributed by atoms with Gasteiger partial charge < -0.3 is 16.8 Å². The third-order valence-electron chi connectivity index (χ3n) is 2.44. The highest BCUT2D eigenvalue weighted by molar-refractivity contribution is 6.08. The molecule has 0 saturated carbocycles. The van der Waals surface area contributed by atoms with Crippen LogP contribution in [0.4, 0.5) is 5.69 Å². The van der Waals surface area contributed by atoms with Gasteiger partial charge in [-0.05, 0) is 32.2 Å². The van der Waals surface area contributed by atoms with Crippen molar-refractivity contribution in [3.63, 3.8) is 0 Å². The first-order valence-electron chi connectivity index (χ1n) is 7.52. The summed E-state index contributed by atoms with van der Waals surface area (Å²) in [7, 11) is 1.50. The molecule has 0 saturated heterocycles. The van der Waals surface area contributed by atoms with Crippen LogP contribution in [0.1, 0.15) is 26.3 Å². The van der Waals surface area contributed by atoms with E-state index in [4.69, 9.17) is 5.73 Å². The van der Waals surface area contributed by atoms with Gasteiger partial charge in [0.25, 0.3) is 0 Å². The zero-order chi connectivity index (χ0) is 18.1. The highest BCUT2D eigenvalue weighted by Gasteiger charge is 2.03. The lowest BCUT2D eigenvalue weighted by atomic mass is 10.1. The molecule has 1 aromatic carbocycles. The zero-order valence-corrected chi connectivity index (χ0v) is 14.5. The second-order valence-corrected chi connectivity index (χ2v) is 3.81. The number of aldehydes is 1. The molecule has 0 amide bonds. The van der Waals surface area contributed by atoms with E-state index in [1.54, 1.807) is 18.3 Å². The highest BCUT2D eigenvalue weighted by Crippen LogP contribution is 2.18. The summed E-state index contributed by atoms with van der Waals surface area (Å²) in [6.07, 6.45) is 9.68. The van der Waals surface area contributed by atoms with E-state index in [-0.39, 0.29) is 0 Å². The van der Waals surface area contributed by atoms with Crippen LogP contribution in [0.3, 0.4) is 0 Å². The van der Waals surface area contributed by atoms with Crippen molar-refractivity contribution in [3.8, 4) is 0 Å². The SMILES string of the molecule is C=C/C=C(\C=C/C)N/C=C(\C=O)c1ccccc1N.CC.CN. The fourth-order valence-corrected chi connectivity index (χ4v) is 1.55. The molecule has 0 aliphatic heterocycles. The Morgan fingerprint density at radius 3 is 2.30 bits per heavy atom. The van der Waals surface area contributed by atoms with Crippen molar-refractivity contribution < 1.29 is 4.79 Å². The smallest absolute Gasteiger partial charge is 0.152 e. The van der Waals surface area contributed by atoms with Crippen LogP contribution in [0.5, 0.6) is 0 Å². The number of nitrogens with one attached hydrogen (secondary N) is 1. The molecule has 23 heavy (non-hydrogen) atoms. The van der Waals surface area contributed by atoms with E-state index in [1.807, 2.05) is 57.2 Å². The Balaban J connectivity index is 0. The summed E-state index contributed by atoms with van der Waals surface area (Å²) in [5.74, 6) is 0. The zero-order valence-electron chi connectivity index (χ0n) is 14.5. The number of benzene rings is 1. The quantitative estimate of drug-likeness (QED) is 0.324. The molecule has 4 heteroatoms. The molecule has 4 nitrogen and oxygen atoms in total. The van der Waals surface area contributed by atoms with Crippen LogP contribution in [0, 0.1) is 0 Å². The Hall–Kier alpha value is -2.59. The van der Waals surface area contributed by atoms with E-state index in [0.717, 1.165) is 12.0 Å². The number of hydrogen-bond donors (Lipinski definition) is 3. The van der Waals surface area contributed by atoms with Gasteiger partial charge in [0, 0.05) is 28.7 Å². The van der Waals surface area contributed by atoms with Crippen LogP contribution in [-0.2, 0) is 4.79 Å². The number of nitrogen functional groups attached to an aromatic ring is 1. The second-order valence-electron chi connectivity index (χ2n) is 3.81. The molecule has 1 aromatic rings. The lowest BCUT2D eigenvalue weighted by Crippen LogP contribution is -2.05. The Kier molecular flexibility index (Phi) is 15.6. The lowest BCUT2D eigenvalue weighted by Gasteiger charge is -2.06. The maximum atomic E-state index is 11.2. The topological polar surface area (TPSA) is 81.1 Å². The van der Waals surface area contributed by atoms with Crippen molar-refractivity contribution in [3.05, 3.63) is 72.6 Å². The molecule has 0 bridgehead atoms. The monoisotopic (exact) mass is 315 g/mol. The van der Waals surface area contributed by atoms with Gasteiger partial charge in [-0.3, -0.25) is 4.79 Å². The first-order chi connectivity index (χ1) is 11.2. The third kappa shape index (κ3) is 9.11. The van der Waals surface area contributed by atoms with Crippen LogP contribution >= 0.6 is 0 Å². The average molecular weight is 315 g/mol. The maximum Gasteiger partial charge on any atom is 0.152 e. The fraction of sp³-hybridized carbons (Fsp3) is 0.211. The Bertz CT molecular complexity index is 543. The molecule has 5 N–H and O–H groups in total. The molecule has 0 aliphatic rings. The molecule has 126 valence electrons. The van der Waals surface area contributed by atoms with Gasteiger partial charge in [0.1, 0.15) is 0 Å². The molecule has 1 rings (SSSR count). The summed E-state index contributed by atoms with van der Waals surface area (Å²) in [5, 5.41) is 3.05. The minimum atomic E-state index is 0.498. The van der Waals surface area contributed by atoms with Crippen molar-refractivity contribution >= 4 is 17.5 Å². The predicted molar refractivity (Wildman–Crippen MR) is 103 cm³/mol. The molecule has 0 radical (unpaired) electrons. The number of para-hydroxylation sites is 1. The van der Waals surface area contributed by atoms with Crippen LogP contribution in [0.2, 0.25) is 0 Å². The predicted octanol–water partition coefficient (Wildman–Crippen LogP) is 3.65. The fourth-order valence-electron chi connectivity index (χ4n) is 1.55. The standard InChI is InChI=1S/C16H18N2O.C2H6.CH5N/c1-3-7-14(8-4-2)18-11-13(12-19)15-9-5-6-10-16(15)17;2*1-2/h3-12,18H,1,17H2,2H3;1-2H3;2H2,1H3/b8-4-,13-11+,14-7+;;. The molecule has 0 aliphatic carbocycles. The minimum Gasteiger partial charge on any atom is -0.398 e. The summed E-state index contributed by atoms with van der Waals surface area (Å²) >= 11 is 0. The summed E-state index contributed by atoms with van der Waals surface area (Å²) in [5.41, 5.74) is 13.0. The largest absolute Gasteiger partial charge is 0.398 e. The van der Waals surface area contributed by atoms with Crippen molar-refractivity contribution in [2.75, 3.05) is 12.8 Å². The summed E-state index contributed by atoms with van der Waals surface area (Å²) < 4.78 is 0. The Morgan fingerprint density at radius 2 is 1.83 bits per heavy atom. The number of allylic oxidation sites excluding steroid dienone is 5. The first-order valence-corrected chi connectivity index (χ1v) is 7.52. The number of rotatable bonds is 6. The van der Waals surface area contributed by atoms with Crippen LogP contribution in [0.25, 0.3) is 5.57 Å². The maximum absolute atomic E-state index is 11.2. The van der Waals surface area contributed by atoms with Crippen LogP contribution in [0.15, 0.2) is 67.0 Å². The van der Waals surface area contributed by atoms with Gasteiger partial charge in [-0.25, -0.2) is 0 Å². The molecule has 0 spiro atoms. The van der Waals surface area contributed by atoms with E-state index in [1.165, 1.54) is 7.05 Å². The number of carbonyl (C=O) groups is 1. The Morgan fingerprint density at radius 1 is 1.22 bits per heavy atom. The van der Waals surface area contributed by atoms with Crippen molar-refractivity contribution in [1.29, 1.82) is 0 Å².